The number of rotatable bonds is 4. The lowest BCUT2D eigenvalue weighted by atomic mass is 10.2. The van der Waals surface area contributed by atoms with Gasteiger partial charge in [-0.2, -0.15) is 20.2 Å². The molecule has 28 heavy (non-hydrogen) atoms. The molecule has 142 valence electrons. The topological polar surface area (TPSA) is 113 Å². The van der Waals surface area contributed by atoms with Crippen molar-refractivity contribution in [3.8, 4) is 6.07 Å². The highest BCUT2D eigenvalue weighted by molar-refractivity contribution is 5.60. The van der Waals surface area contributed by atoms with Crippen LogP contribution in [0.1, 0.15) is 5.56 Å². The number of benzene rings is 2. The Morgan fingerprint density at radius 2 is 1.25 bits per heavy atom. The van der Waals surface area contributed by atoms with E-state index in [1.807, 2.05) is 11.4 Å². The molecule has 0 fully saturated rings. The molecule has 0 amide bonds. The third kappa shape index (κ3) is 3.58. The molecule has 1 heterocycles. The summed E-state index contributed by atoms with van der Waals surface area (Å²) in [5.41, 5.74) is 4.98. The fourth-order valence-electron chi connectivity index (χ4n) is 2.09. The quantitative estimate of drug-likeness (QED) is 0.353. The van der Waals surface area contributed by atoms with Gasteiger partial charge in [-0.25, -0.2) is 22.0 Å². The first-order valence-electron chi connectivity index (χ1n) is 7.37. The Balaban J connectivity index is 1.93. The lowest BCUT2D eigenvalue weighted by Gasteiger charge is -2.11. The molecule has 0 bridgehead atoms. The summed E-state index contributed by atoms with van der Waals surface area (Å²) >= 11 is 0. The van der Waals surface area contributed by atoms with E-state index in [0.29, 0.717) is 11.3 Å². The Hall–Kier alpha value is -4.01. The van der Waals surface area contributed by atoms with Gasteiger partial charge in [0.2, 0.25) is 23.7 Å². The van der Waals surface area contributed by atoms with Crippen molar-refractivity contribution in [2.45, 2.75) is 0 Å². The van der Waals surface area contributed by atoms with Crippen LogP contribution in [0.3, 0.4) is 0 Å². The number of hydrogen-bond acceptors (Lipinski definition) is 7. The molecule has 0 radical (unpaired) electrons. The van der Waals surface area contributed by atoms with Crippen molar-refractivity contribution in [3.63, 3.8) is 0 Å². The van der Waals surface area contributed by atoms with E-state index in [0.717, 1.165) is 0 Å². The molecule has 4 N–H and O–H groups in total. The molecule has 0 saturated heterocycles. The summed E-state index contributed by atoms with van der Waals surface area (Å²) in [5.74, 6) is -11.8. The van der Waals surface area contributed by atoms with Crippen LogP contribution in [0.5, 0.6) is 0 Å². The number of aromatic nitrogens is 3. The molecule has 2 aromatic carbocycles. The first kappa shape index (κ1) is 18.8. The van der Waals surface area contributed by atoms with Crippen molar-refractivity contribution in [3.05, 3.63) is 58.9 Å². The summed E-state index contributed by atoms with van der Waals surface area (Å²) in [6.45, 7) is 0. The van der Waals surface area contributed by atoms with Gasteiger partial charge in [-0.15, -0.1) is 0 Å². The number of hydrogen-bond donors (Lipinski definition) is 3. The Bertz CT molecular complexity index is 1070. The summed E-state index contributed by atoms with van der Waals surface area (Å²) < 4.78 is 67.3. The molecule has 12 heteroatoms. The van der Waals surface area contributed by atoms with E-state index in [9.17, 15) is 22.0 Å². The second-order valence-electron chi connectivity index (χ2n) is 5.22. The minimum absolute atomic E-state index is 0.177. The van der Waals surface area contributed by atoms with Crippen LogP contribution >= 0.6 is 0 Å². The van der Waals surface area contributed by atoms with Gasteiger partial charge in [0.05, 0.1) is 11.6 Å². The maximum Gasteiger partial charge on any atom is 0.233 e. The van der Waals surface area contributed by atoms with Gasteiger partial charge in [0.15, 0.2) is 23.3 Å². The summed E-state index contributed by atoms with van der Waals surface area (Å²) in [7, 11) is 0. The van der Waals surface area contributed by atoms with Crippen molar-refractivity contribution < 1.29 is 22.0 Å². The standard InChI is InChI=1S/C16H8F5N7/c17-8-9(18)11(20)13(12(21)10(8)19)25-16-27-14(23)26-15(28-16)24-7-3-1-6(5-22)2-4-7/h1-4H,(H4,23,24,25,26,27,28). The van der Waals surface area contributed by atoms with Crippen LogP contribution in [0.15, 0.2) is 24.3 Å². The van der Waals surface area contributed by atoms with Crippen LogP contribution < -0.4 is 16.4 Å². The van der Waals surface area contributed by atoms with E-state index in [2.05, 4.69) is 20.3 Å². The van der Waals surface area contributed by atoms with Gasteiger partial charge in [0.25, 0.3) is 0 Å². The van der Waals surface area contributed by atoms with E-state index in [1.165, 1.54) is 24.3 Å². The lowest BCUT2D eigenvalue weighted by Crippen LogP contribution is -2.11. The van der Waals surface area contributed by atoms with Crippen molar-refractivity contribution in [1.29, 1.82) is 5.26 Å². The van der Waals surface area contributed by atoms with Crippen LogP contribution in [0.4, 0.5) is 51.2 Å². The zero-order valence-electron chi connectivity index (χ0n) is 13.6. The zero-order valence-corrected chi connectivity index (χ0v) is 13.6. The number of nitrogen functional groups attached to an aromatic ring is 1. The molecule has 0 aliphatic rings. The molecular formula is C16H8F5N7. The molecule has 7 nitrogen and oxygen atoms in total. The van der Waals surface area contributed by atoms with Gasteiger partial charge in [-0.1, -0.05) is 0 Å². The maximum absolute atomic E-state index is 13.8. The van der Waals surface area contributed by atoms with Crippen LogP contribution in [0.2, 0.25) is 0 Å². The Morgan fingerprint density at radius 3 is 1.79 bits per heavy atom. The van der Waals surface area contributed by atoms with E-state index in [4.69, 9.17) is 11.0 Å². The van der Waals surface area contributed by atoms with Crippen LogP contribution in [-0.2, 0) is 0 Å². The molecule has 0 aliphatic heterocycles. The average Bonchev–Trinajstić information content (AvgIpc) is 2.68. The van der Waals surface area contributed by atoms with E-state index in [1.54, 1.807) is 0 Å². The van der Waals surface area contributed by atoms with Gasteiger partial charge in [-0.3, -0.25) is 0 Å². The van der Waals surface area contributed by atoms with Crippen molar-refractivity contribution in [1.82, 2.24) is 15.0 Å². The molecule has 0 atom stereocenters. The molecule has 0 spiro atoms. The largest absolute Gasteiger partial charge is 0.368 e. The number of nitrogens with one attached hydrogen (secondary N) is 2. The van der Waals surface area contributed by atoms with Crippen molar-refractivity contribution in [2.75, 3.05) is 16.4 Å². The predicted octanol–water partition coefficient (Wildman–Crippen LogP) is 3.51. The minimum Gasteiger partial charge on any atom is -0.368 e. The van der Waals surface area contributed by atoms with Gasteiger partial charge < -0.3 is 16.4 Å². The second-order valence-corrected chi connectivity index (χ2v) is 5.22. The molecular weight excluding hydrogens is 385 g/mol. The molecule has 3 rings (SSSR count). The van der Waals surface area contributed by atoms with E-state index >= 15 is 0 Å². The third-order valence-electron chi connectivity index (χ3n) is 3.37. The molecule has 1 aromatic heterocycles. The van der Waals surface area contributed by atoms with Crippen LogP contribution in [0, 0.1) is 40.4 Å². The number of nitrogens with zero attached hydrogens (tertiary/aromatic N) is 4. The Kier molecular flexibility index (Phi) is 4.90. The average molecular weight is 393 g/mol. The number of nitrogens with two attached hydrogens (primary N) is 1. The maximum atomic E-state index is 13.8. The molecule has 3 aromatic rings. The highest BCUT2D eigenvalue weighted by Crippen LogP contribution is 2.29. The normalized spacial score (nSPS) is 10.4. The van der Waals surface area contributed by atoms with Gasteiger partial charge in [0, 0.05) is 5.69 Å². The summed E-state index contributed by atoms with van der Waals surface area (Å²) in [6.07, 6.45) is 0. The zero-order chi connectivity index (χ0) is 20.4. The number of nitriles is 1. The Morgan fingerprint density at radius 1 is 0.750 bits per heavy atom. The minimum atomic E-state index is -2.29. The van der Waals surface area contributed by atoms with Gasteiger partial charge in [0.1, 0.15) is 5.69 Å². The fourth-order valence-corrected chi connectivity index (χ4v) is 2.09. The molecule has 0 unspecified atom stereocenters. The monoisotopic (exact) mass is 393 g/mol. The van der Waals surface area contributed by atoms with Gasteiger partial charge in [-0.05, 0) is 24.3 Å². The third-order valence-corrected chi connectivity index (χ3v) is 3.37. The number of halogens is 5. The fraction of sp³-hybridized carbons (Fsp3) is 0. The number of anilines is 5. The van der Waals surface area contributed by atoms with Crippen molar-refractivity contribution >= 4 is 29.2 Å². The van der Waals surface area contributed by atoms with Crippen LogP contribution in [-0.4, -0.2) is 15.0 Å². The highest BCUT2D eigenvalue weighted by Gasteiger charge is 2.26. The SMILES string of the molecule is N#Cc1ccc(Nc2nc(N)nc(Nc3c(F)c(F)c(F)c(F)c3F)n2)cc1. The van der Waals surface area contributed by atoms with Crippen molar-refractivity contribution in [2.24, 2.45) is 0 Å². The molecule has 0 aliphatic carbocycles. The Labute approximate surface area is 153 Å². The van der Waals surface area contributed by atoms with E-state index in [-0.39, 0.29) is 5.95 Å². The summed E-state index contributed by atoms with van der Waals surface area (Å²) in [4.78, 5) is 11.1. The predicted molar refractivity (Wildman–Crippen MR) is 88.2 cm³/mol. The second kappa shape index (κ2) is 7.31. The first-order valence-corrected chi connectivity index (χ1v) is 7.37. The molecule has 0 saturated carbocycles. The van der Waals surface area contributed by atoms with Crippen LogP contribution in [0.25, 0.3) is 0 Å². The summed E-state index contributed by atoms with van der Waals surface area (Å²) in [5, 5.41) is 13.4. The smallest absolute Gasteiger partial charge is 0.233 e. The van der Waals surface area contributed by atoms with Gasteiger partial charge >= 0.3 is 0 Å². The van der Waals surface area contributed by atoms with E-state index < -0.39 is 46.7 Å². The lowest BCUT2D eigenvalue weighted by molar-refractivity contribution is 0.382. The first-order chi connectivity index (χ1) is 13.3. The summed E-state index contributed by atoms with van der Waals surface area (Å²) in [6, 6.07) is 7.98. The highest BCUT2D eigenvalue weighted by atomic mass is 19.2.